The molecule has 298 valence electrons. The van der Waals surface area contributed by atoms with Crippen LogP contribution in [0.1, 0.15) is 67.6 Å². The number of methoxy groups -OCH3 is 1. The molecule has 7 rings (SSSR count). The second-order valence-electron chi connectivity index (χ2n) is 16.1. The highest BCUT2D eigenvalue weighted by atomic mass is 35.5. The molecule has 4 aromatic rings. The first-order valence-corrected chi connectivity index (χ1v) is 19.9. The van der Waals surface area contributed by atoms with E-state index in [-0.39, 0.29) is 29.0 Å². The first kappa shape index (κ1) is 39.9. The van der Waals surface area contributed by atoms with Gasteiger partial charge >= 0.3 is 6.09 Å². The Hall–Kier alpha value is -4.30. The molecule has 2 amide bonds. The van der Waals surface area contributed by atoms with Gasteiger partial charge in [0.25, 0.3) is 5.91 Å². The normalized spacial score (nSPS) is 18.8. The fourth-order valence-electron chi connectivity index (χ4n) is 8.15. The molecule has 3 aliphatic rings. The van der Waals surface area contributed by atoms with E-state index >= 15 is 0 Å². The Morgan fingerprint density at radius 1 is 0.982 bits per heavy atom. The molecule has 1 spiro atoms. The second kappa shape index (κ2) is 16.3. The molecule has 0 unspecified atom stereocenters. The molecule has 1 N–H and O–H groups in total. The number of rotatable bonds is 10. The molecule has 3 aliphatic heterocycles. The molecule has 15 heteroatoms. The summed E-state index contributed by atoms with van der Waals surface area (Å²) in [5.74, 6) is 0.388. The molecule has 56 heavy (non-hydrogen) atoms. The smallest absolute Gasteiger partial charge is 0.410 e. The fraction of sp³-hybridized carbons (Fsp3) is 0.488. The number of imidazole rings is 1. The van der Waals surface area contributed by atoms with E-state index in [0.29, 0.717) is 78.2 Å². The number of aromatic nitrogens is 4. The third-order valence-corrected chi connectivity index (χ3v) is 11.7. The molecular formula is C41H49Cl2FN8O4. The van der Waals surface area contributed by atoms with Crippen LogP contribution in [-0.4, -0.2) is 105 Å². The van der Waals surface area contributed by atoms with Gasteiger partial charge in [-0.3, -0.25) is 24.0 Å². The first-order valence-electron chi connectivity index (χ1n) is 19.1. The molecule has 3 aromatic heterocycles. The average Bonchev–Trinajstić information content (AvgIpc) is 3.87. The third kappa shape index (κ3) is 8.37. The van der Waals surface area contributed by atoms with E-state index in [0.717, 1.165) is 55.8 Å². The second-order valence-corrected chi connectivity index (χ2v) is 16.8. The largest absolute Gasteiger partial charge is 0.481 e. The maximum absolute atomic E-state index is 13.6. The van der Waals surface area contributed by atoms with Crippen LogP contribution in [0.15, 0.2) is 42.6 Å². The Morgan fingerprint density at radius 3 is 2.55 bits per heavy atom. The highest BCUT2D eigenvalue weighted by molar-refractivity contribution is 6.39. The van der Waals surface area contributed by atoms with Crippen molar-refractivity contribution in [1.29, 1.82) is 0 Å². The predicted octanol–water partition coefficient (Wildman–Crippen LogP) is 7.66. The Morgan fingerprint density at radius 2 is 1.79 bits per heavy atom. The predicted molar refractivity (Wildman–Crippen MR) is 215 cm³/mol. The van der Waals surface area contributed by atoms with Crippen LogP contribution in [-0.2, 0) is 31.3 Å². The molecule has 0 bridgehead atoms. The van der Waals surface area contributed by atoms with Crippen LogP contribution in [0, 0.1) is 5.41 Å². The minimum Gasteiger partial charge on any atom is -0.481 e. The van der Waals surface area contributed by atoms with Gasteiger partial charge in [0.1, 0.15) is 5.60 Å². The molecule has 1 aromatic carbocycles. The van der Waals surface area contributed by atoms with Crippen LogP contribution in [0.3, 0.4) is 0 Å². The Bertz CT molecular complexity index is 2120. The van der Waals surface area contributed by atoms with Gasteiger partial charge in [0.15, 0.2) is 5.82 Å². The number of ether oxygens (including phenoxy) is 2. The zero-order chi connectivity index (χ0) is 39.8. The number of carbonyl (C=O) groups excluding carboxylic acids is 2. The monoisotopic (exact) mass is 806 g/mol. The maximum atomic E-state index is 13.6. The van der Waals surface area contributed by atoms with Crippen molar-refractivity contribution in [1.82, 2.24) is 34.2 Å². The van der Waals surface area contributed by atoms with Crippen molar-refractivity contribution in [2.75, 3.05) is 58.4 Å². The number of hydrogen-bond acceptors (Lipinski definition) is 9. The van der Waals surface area contributed by atoms with Crippen molar-refractivity contribution in [3.05, 3.63) is 75.4 Å². The third-order valence-electron chi connectivity index (χ3n) is 10.9. The number of anilines is 1. The van der Waals surface area contributed by atoms with E-state index in [1.807, 2.05) is 49.4 Å². The van der Waals surface area contributed by atoms with Crippen molar-refractivity contribution in [2.45, 2.75) is 65.1 Å². The van der Waals surface area contributed by atoms with Crippen molar-refractivity contribution in [3.8, 4) is 28.4 Å². The summed E-state index contributed by atoms with van der Waals surface area (Å²) in [7, 11) is 3.45. The molecule has 0 radical (unpaired) electrons. The van der Waals surface area contributed by atoms with Crippen LogP contribution in [0.2, 0.25) is 10.0 Å². The lowest BCUT2D eigenvalue weighted by Crippen LogP contribution is -2.37. The van der Waals surface area contributed by atoms with Crippen molar-refractivity contribution in [2.24, 2.45) is 12.5 Å². The summed E-state index contributed by atoms with van der Waals surface area (Å²) in [4.78, 5) is 46.8. The van der Waals surface area contributed by atoms with Crippen molar-refractivity contribution in [3.63, 3.8) is 0 Å². The number of benzene rings is 1. The van der Waals surface area contributed by atoms with Crippen molar-refractivity contribution < 1.29 is 23.5 Å². The number of hydrogen-bond donors (Lipinski definition) is 1. The molecule has 12 nitrogen and oxygen atoms in total. The maximum Gasteiger partial charge on any atom is 0.410 e. The molecule has 2 fully saturated rings. The van der Waals surface area contributed by atoms with Gasteiger partial charge in [0, 0.05) is 93.3 Å². The highest BCUT2D eigenvalue weighted by Crippen LogP contribution is 2.42. The number of fused-ring (bicyclic) bond motifs is 1. The lowest BCUT2D eigenvalue weighted by molar-refractivity contribution is 0.0273. The number of amides is 2. The van der Waals surface area contributed by atoms with Crippen LogP contribution in [0.5, 0.6) is 5.88 Å². The minimum absolute atomic E-state index is 0.0537. The van der Waals surface area contributed by atoms with E-state index in [2.05, 4.69) is 25.1 Å². The summed E-state index contributed by atoms with van der Waals surface area (Å²) in [5.41, 5.74) is 4.96. The van der Waals surface area contributed by atoms with Gasteiger partial charge in [-0.15, -0.1) is 0 Å². The highest BCUT2D eigenvalue weighted by Gasteiger charge is 2.45. The zero-order valence-electron chi connectivity index (χ0n) is 32.6. The van der Waals surface area contributed by atoms with E-state index in [9.17, 15) is 14.0 Å². The lowest BCUT2D eigenvalue weighted by Gasteiger charge is -2.27. The van der Waals surface area contributed by atoms with Crippen LogP contribution in [0.4, 0.5) is 14.9 Å². The minimum atomic E-state index is -0.519. The summed E-state index contributed by atoms with van der Waals surface area (Å²) >= 11 is 14.0. The Kier molecular flexibility index (Phi) is 11.6. The van der Waals surface area contributed by atoms with E-state index in [1.165, 1.54) is 0 Å². The number of carbonyl (C=O) groups is 2. The fourth-order valence-corrected chi connectivity index (χ4v) is 8.72. The van der Waals surface area contributed by atoms with Gasteiger partial charge in [0.2, 0.25) is 5.88 Å². The number of pyridine rings is 2. The summed E-state index contributed by atoms with van der Waals surface area (Å²) in [6.07, 6.45) is 4.58. The summed E-state index contributed by atoms with van der Waals surface area (Å²) in [6.45, 7) is 11.2. The molecular weight excluding hydrogens is 758 g/mol. The van der Waals surface area contributed by atoms with Gasteiger partial charge < -0.3 is 24.3 Å². The van der Waals surface area contributed by atoms with Gasteiger partial charge in [-0.25, -0.2) is 14.8 Å². The molecule has 1 atom stereocenters. The van der Waals surface area contributed by atoms with Gasteiger partial charge in [0.05, 0.1) is 46.6 Å². The number of nitrogens with zero attached hydrogens (tertiary/aromatic N) is 7. The van der Waals surface area contributed by atoms with E-state index in [1.54, 1.807) is 37.6 Å². The van der Waals surface area contributed by atoms with Crippen molar-refractivity contribution >= 4 is 40.9 Å². The lowest BCUT2D eigenvalue weighted by atomic mass is 9.86. The molecule has 0 saturated carbocycles. The van der Waals surface area contributed by atoms with Gasteiger partial charge in [-0.2, -0.15) is 0 Å². The van der Waals surface area contributed by atoms with Crippen LogP contribution >= 0.6 is 23.2 Å². The van der Waals surface area contributed by atoms with Gasteiger partial charge in [-0.1, -0.05) is 41.4 Å². The summed E-state index contributed by atoms with van der Waals surface area (Å²) in [5, 5.41) is 3.57. The molecule has 0 aliphatic carbocycles. The zero-order valence-corrected chi connectivity index (χ0v) is 34.1. The van der Waals surface area contributed by atoms with E-state index in [4.69, 9.17) is 37.7 Å². The molecule has 6 heterocycles. The summed E-state index contributed by atoms with van der Waals surface area (Å²) in [6, 6.07) is 11.1. The summed E-state index contributed by atoms with van der Waals surface area (Å²) < 4.78 is 26.0. The number of alkyl halides is 1. The van der Waals surface area contributed by atoms with Gasteiger partial charge in [-0.05, 0) is 64.8 Å². The number of likely N-dealkylation sites (tertiary alicyclic amines) is 2. The van der Waals surface area contributed by atoms with Crippen LogP contribution < -0.4 is 10.1 Å². The number of halogens is 3. The topological polar surface area (TPSA) is 118 Å². The Labute approximate surface area is 337 Å². The van der Waals surface area contributed by atoms with Crippen LogP contribution in [0.25, 0.3) is 22.5 Å². The SMILES string of the molecule is COc1nc(-c2ccnc(-c3cccc(NC(=O)c4nc5c(n4C)CCN(CCCF)C5)c3Cl)c2Cl)ccc1CN1CC[C@]2(CCN(C(=O)OC(C)(C)C)C2)C1. The first-order chi connectivity index (χ1) is 26.8. The number of nitrogens with one attached hydrogen (secondary N) is 1. The van der Waals surface area contributed by atoms with E-state index < -0.39 is 11.5 Å². The quantitative estimate of drug-likeness (QED) is 0.172. The molecule has 2 saturated heterocycles. The standard InChI is InChI=1S/C41H49Cl2FN8O4/c1-40(2,3)56-39(54)52-21-15-41(25-52)14-20-51(24-41)22-26-10-11-29(48-38(26)55-5)27-12-17-45-35(34(27)43)28-8-6-9-30(33(28)42)47-37(53)36-46-31-23-50(18-7-16-44)19-13-32(31)49(36)4/h6,8-12,17H,7,13-16,18-25H2,1-5H3,(H,47,53)/t41-/m0/s1. The average molecular weight is 808 g/mol. The Balaban J connectivity index is 1.05.